The molecule has 1 aliphatic rings. The van der Waals surface area contributed by atoms with Crippen LogP contribution in [0.3, 0.4) is 0 Å². The second-order valence-electron chi connectivity index (χ2n) is 6.44. The first-order valence-corrected chi connectivity index (χ1v) is 8.93. The van der Waals surface area contributed by atoms with Gasteiger partial charge in [-0.25, -0.2) is 4.79 Å². The summed E-state index contributed by atoms with van der Waals surface area (Å²) in [6.45, 7) is 2.96. The lowest BCUT2D eigenvalue weighted by atomic mass is 10.1. The van der Waals surface area contributed by atoms with Gasteiger partial charge in [-0.3, -0.25) is 9.13 Å². The van der Waals surface area contributed by atoms with Crippen molar-refractivity contribution in [3.05, 3.63) is 65.1 Å². The number of imidazole rings is 1. The third-order valence-electron chi connectivity index (χ3n) is 4.87. The third-order valence-corrected chi connectivity index (χ3v) is 4.87. The quantitative estimate of drug-likeness (QED) is 0.779. The third kappa shape index (κ3) is 3.20. The molecule has 4 rings (SSSR count). The Morgan fingerprint density at radius 1 is 0.960 bits per heavy atom. The van der Waals surface area contributed by atoms with Crippen molar-refractivity contribution >= 4 is 11.0 Å². The number of hydrogen-bond donors (Lipinski definition) is 1. The highest BCUT2D eigenvalue weighted by molar-refractivity contribution is 5.76. The van der Waals surface area contributed by atoms with E-state index >= 15 is 0 Å². The molecule has 25 heavy (non-hydrogen) atoms. The van der Waals surface area contributed by atoms with E-state index in [1.807, 2.05) is 63.7 Å². The lowest BCUT2D eigenvalue weighted by Gasteiger charge is -2.23. The van der Waals surface area contributed by atoms with Crippen LogP contribution in [0.2, 0.25) is 0 Å². The molecule has 130 valence electrons. The van der Waals surface area contributed by atoms with Crippen molar-refractivity contribution in [1.29, 1.82) is 0 Å². The van der Waals surface area contributed by atoms with Crippen LogP contribution in [-0.2, 0) is 6.54 Å². The van der Waals surface area contributed by atoms with E-state index in [2.05, 4.69) is 5.32 Å². The molecule has 1 aliphatic heterocycles. The Morgan fingerprint density at radius 2 is 1.64 bits per heavy atom. The van der Waals surface area contributed by atoms with Gasteiger partial charge in [-0.1, -0.05) is 30.3 Å². The first kappa shape index (κ1) is 16.0. The molecule has 2 heterocycles. The Hall–Kier alpha value is -2.53. The second kappa shape index (κ2) is 7.15. The number of benzene rings is 2. The molecule has 1 fully saturated rings. The van der Waals surface area contributed by atoms with E-state index < -0.39 is 0 Å². The Kier molecular flexibility index (Phi) is 4.57. The molecule has 0 saturated carbocycles. The predicted octanol–water partition coefficient (Wildman–Crippen LogP) is 2.81. The second-order valence-corrected chi connectivity index (χ2v) is 6.44. The van der Waals surface area contributed by atoms with Crippen molar-refractivity contribution in [2.24, 2.45) is 0 Å². The van der Waals surface area contributed by atoms with Crippen LogP contribution in [-0.4, -0.2) is 28.8 Å². The first-order valence-electron chi connectivity index (χ1n) is 8.93. The first-order chi connectivity index (χ1) is 12.3. The molecule has 5 heteroatoms. The van der Waals surface area contributed by atoms with E-state index in [9.17, 15) is 4.79 Å². The van der Waals surface area contributed by atoms with Crippen molar-refractivity contribution < 1.29 is 4.74 Å². The molecule has 0 atom stereocenters. The van der Waals surface area contributed by atoms with Gasteiger partial charge in [-0.05, 0) is 50.2 Å². The van der Waals surface area contributed by atoms with Gasteiger partial charge in [0.15, 0.2) is 0 Å². The normalized spacial score (nSPS) is 15.5. The maximum Gasteiger partial charge on any atom is 0.329 e. The SMILES string of the molecule is O=c1n(CCOc2ccccc2)c2ccccc2n1C1CCNCC1. The van der Waals surface area contributed by atoms with Gasteiger partial charge in [0.1, 0.15) is 12.4 Å². The zero-order chi connectivity index (χ0) is 17.1. The van der Waals surface area contributed by atoms with E-state index in [1.54, 1.807) is 0 Å². The van der Waals surface area contributed by atoms with Crippen molar-refractivity contribution in [2.45, 2.75) is 25.4 Å². The number of hydrogen-bond acceptors (Lipinski definition) is 3. The summed E-state index contributed by atoms with van der Waals surface area (Å²) in [5.41, 5.74) is 2.09. The molecular weight excluding hydrogens is 314 g/mol. The zero-order valence-corrected chi connectivity index (χ0v) is 14.2. The molecule has 0 unspecified atom stereocenters. The zero-order valence-electron chi connectivity index (χ0n) is 14.2. The summed E-state index contributed by atoms with van der Waals surface area (Å²) in [6.07, 6.45) is 1.99. The van der Waals surface area contributed by atoms with Gasteiger partial charge < -0.3 is 10.1 Å². The van der Waals surface area contributed by atoms with Crippen LogP contribution >= 0.6 is 0 Å². The van der Waals surface area contributed by atoms with Gasteiger partial charge in [-0.15, -0.1) is 0 Å². The molecule has 0 aliphatic carbocycles. The van der Waals surface area contributed by atoms with Crippen LogP contribution < -0.4 is 15.7 Å². The average Bonchev–Trinajstić information content (AvgIpc) is 2.95. The topological polar surface area (TPSA) is 48.2 Å². The van der Waals surface area contributed by atoms with E-state index in [0.29, 0.717) is 13.2 Å². The predicted molar refractivity (Wildman–Crippen MR) is 99.3 cm³/mol. The smallest absolute Gasteiger partial charge is 0.329 e. The number of fused-ring (bicyclic) bond motifs is 1. The molecule has 0 bridgehead atoms. The molecule has 2 aromatic carbocycles. The number of nitrogens with one attached hydrogen (secondary N) is 1. The Labute approximate surface area is 146 Å². The number of piperidine rings is 1. The maximum atomic E-state index is 13.1. The number of para-hydroxylation sites is 3. The fraction of sp³-hybridized carbons (Fsp3) is 0.350. The minimum atomic E-state index is 0.0739. The monoisotopic (exact) mass is 337 g/mol. The molecule has 0 amide bonds. The van der Waals surface area contributed by atoms with Crippen LogP contribution in [0.15, 0.2) is 59.4 Å². The van der Waals surface area contributed by atoms with Gasteiger partial charge in [0.25, 0.3) is 0 Å². The van der Waals surface area contributed by atoms with Crippen LogP contribution in [0.5, 0.6) is 5.75 Å². The molecule has 5 nitrogen and oxygen atoms in total. The van der Waals surface area contributed by atoms with Crippen molar-refractivity contribution in [3.63, 3.8) is 0 Å². The lowest BCUT2D eigenvalue weighted by Crippen LogP contribution is -2.35. The molecule has 1 N–H and O–H groups in total. The van der Waals surface area contributed by atoms with Gasteiger partial charge in [0.05, 0.1) is 17.6 Å². The van der Waals surface area contributed by atoms with Crippen molar-refractivity contribution in [2.75, 3.05) is 19.7 Å². The highest BCUT2D eigenvalue weighted by Gasteiger charge is 2.21. The van der Waals surface area contributed by atoms with Crippen LogP contribution in [0.25, 0.3) is 11.0 Å². The summed E-state index contributed by atoms with van der Waals surface area (Å²) in [7, 11) is 0. The lowest BCUT2D eigenvalue weighted by molar-refractivity contribution is 0.295. The Bertz CT molecular complexity index is 892. The Balaban J connectivity index is 1.62. The van der Waals surface area contributed by atoms with Crippen molar-refractivity contribution in [3.8, 4) is 5.75 Å². The molecule has 3 aromatic rings. The highest BCUT2D eigenvalue weighted by Crippen LogP contribution is 2.23. The summed E-state index contributed by atoms with van der Waals surface area (Å²) in [4.78, 5) is 13.1. The van der Waals surface area contributed by atoms with Crippen molar-refractivity contribution in [1.82, 2.24) is 14.5 Å². The van der Waals surface area contributed by atoms with E-state index in [-0.39, 0.29) is 11.7 Å². The average molecular weight is 337 g/mol. The van der Waals surface area contributed by atoms with Crippen LogP contribution in [0.1, 0.15) is 18.9 Å². The van der Waals surface area contributed by atoms with E-state index in [0.717, 1.165) is 42.7 Å². The van der Waals surface area contributed by atoms with E-state index in [4.69, 9.17) is 4.74 Å². The molecular formula is C20H23N3O2. The van der Waals surface area contributed by atoms with Gasteiger partial charge >= 0.3 is 5.69 Å². The van der Waals surface area contributed by atoms with E-state index in [1.165, 1.54) is 0 Å². The summed E-state index contributed by atoms with van der Waals surface area (Å²) in [5.74, 6) is 0.831. The minimum Gasteiger partial charge on any atom is -0.492 e. The van der Waals surface area contributed by atoms with Gasteiger partial charge in [-0.2, -0.15) is 0 Å². The van der Waals surface area contributed by atoms with Crippen LogP contribution in [0.4, 0.5) is 0 Å². The van der Waals surface area contributed by atoms with Crippen LogP contribution in [0, 0.1) is 0 Å². The molecule has 1 saturated heterocycles. The summed E-state index contributed by atoms with van der Waals surface area (Å²) < 4.78 is 9.62. The standard InChI is InChI=1S/C20H23N3O2/c24-20-22(14-15-25-17-6-2-1-3-7-17)18-8-4-5-9-19(18)23(20)16-10-12-21-13-11-16/h1-9,16,21H,10-15H2. The fourth-order valence-electron chi connectivity index (χ4n) is 3.64. The molecule has 0 spiro atoms. The van der Waals surface area contributed by atoms with Gasteiger partial charge in [0.2, 0.25) is 0 Å². The Morgan fingerprint density at radius 3 is 2.40 bits per heavy atom. The largest absolute Gasteiger partial charge is 0.492 e. The number of ether oxygens (including phenoxy) is 1. The number of aromatic nitrogens is 2. The highest BCUT2D eigenvalue weighted by atomic mass is 16.5. The summed E-state index contributed by atoms with van der Waals surface area (Å²) in [5, 5.41) is 3.37. The maximum absolute atomic E-state index is 13.1. The summed E-state index contributed by atoms with van der Waals surface area (Å²) >= 11 is 0. The molecule has 1 aromatic heterocycles. The fourth-order valence-corrected chi connectivity index (χ4v) is 3.64. The number of rotatable bonds is 5. The minimum absolute atomic E-state index is 0.0739. The number of nitrogens with zero attached hydrogens (tertiary/aromatic N) is 2. The molecule has 0 radical (unpaired) electrons. The summed E-state index contributed by atoms with van der Waals surface area (Å²) in [6, 6.07) is 18.1. The van der Waals surface area contributed by atoms with Gasteiger partial charge in [0, 0.05) is 6.04 Å².